The van der Waals surface area contributed by atoms with Gasteiger partial charge in [0, 0.05) is 23.8 Å². The number of halogens is 2. The minimum absolute atomic E-state index is 0.0140. The number of nitrogens with one attached hydrogen (secondary N) is 1. The van der Waals surface area contributed by atoms with Gasteiger partial charge in [0.15, 0.2) is 11.0 Å². The fourth-order valence-electron chi connectivity index (χ4n) is 3.11. The van der Waals surface area contributed by atoms with Gasteiger partial charge in [-0.25, -0.2) is 8.78 Å². The normalized spacial score (nSPS) is 11.0. The third kappa shape index (κ3) is 6.38. The minimum Gasteiger partial charge on any atom is -0.352 e. The third-order valence-electron chi connectivity index (χ3n) is 4.66. The first-order chi connectivity index (χ1) is 15.8. The second-order valence-electron chi connectivity index (χ2n) is 7.54. The number of hydrogen-bond acceptors (Lipinski definition) is 5. The number of carbonyl (C=O) groups excluding carboxylic acids is 2. The van der Waals surface area contributed by atoms with E-state index in [0.29, 0.717) is 28.8 Å². The Morgan fingerprint density at radius 2 is 1.64 bits per heavy atom. The zero-order chi connectivity index (χ0) is 24.0. The van der Waals surface area contributed by atoms with E-state index in [1.807, 2.05) is 13.8 Å². The first-order valence-electron chi connectivity index (χ1n) is 10.5. The molecule has 3 rings (SSSR count). The van der Waals surface area contributed by atoms with Crippen LogP contribution in [-0.4, -0.2) is 56.4 Å². The molecule has 1 N–H and O–H groups in total. The number of benzene rings is 2. The Labute approximate surface area is 195 Å². The van der Waals surface area contributed by atoms with Crippen LogP contribution in [0.4, 0.5) is 8.78 Å². The van der Waals surface area contributed by atoms with Crippen molar-refractivity contribution in [3.05, 3.63) is 60.2 Å². The molecule has 0 spiro atoms. The topological polar surface area (TPSA) is 80.1 Å². The third-order valence-corrected chi connectivity index (χ3v) is 5.58. The first-order valence-corrected chi connectivity index (χ1v) is 11.4. The molecule has 33 heavy (non-hydrogen) atoms. The van der Waals surface area contributed by atoms with Crippen LogP contribution < -0.4 is 5.32 Å². The van der Waals surface area contributed by atoms with Crippen LogP contribution in [0, 0.1) is 11.6 Å². The lowest BCUT2D eigenvalue weighted by Crippen LogP contribution is -2.43. The summed E-state index contributed by atoms with van der Waals surface area (Å²) in [5.74, 6) is -0.756. The molecule has 7 nitrogen and oxygen atoms in total. The Bertz CT molecular complexity index is 1100. The number of thioether (sulfide) groups is 1. The maximum Gasteiger partial charge on any atom is 0.239 e. The molecule has 2 aromatic carbocycles. The lowest BCUT2D eigenvalue weighted by Gasteiger charge is -2.21. The van der Waals surface area contributed by atoms with E-state index in [-0.39, 0.29) is 36.0 Å². The maximum atomic E-state index is 13.5. The lowest BCUT2D eigenvalue weighted by molar-refractivity contribution is -0.134. The Kier molecular flexibility index (Phi) is 8.16. The summed E-state index contributed by atoms with van der Waals surface area (Å²) in [7, 11) is 0. The van der Waals surface area contributed by atoms with Crippen LogP contribution in [0.3, 0.4) is 0 Å². The zero-order valence-corrected chi connectivity index (χ0v) is 19.4. The Balaban J connectivity index is 1.84. The van der Waals surface area contributed by atoms with Crippen molar-refractivity contribution in [2.75, 3.05) is 18.8 Å². The molecular formula is C23H25F2N5O2S. The van der Waals surface area contributed by atoms with Crippen molar-refractivity contribution in [2.24, 2.45) is 0 Å². The van der Waals surface area contributed by atoms with E-state index in [0.717, 1.165) is 11.8 Å². The van der Waals surface area contributed by atoms with Gasteiger partial charge in [0.25, 0.3) is 0 Å². The maximum absolute atomic E-state index is 13.5. The Morgan fingerprint density at radius 1 is 1.03 bits per heavy atom. The van der Waals surface area contributed by atoms with Crippen molar-refractivity contribution in [3.8, 4) is 17.1 Å². The largest absolute Gasteiger partial charge is 0.352 e. The summed E-state index contributed by atoms with van der Waals surface area (Å²) in [6.45, 7) is 5.87. The molecule has 0 bridgehead atoms. The quantitative estimate of drug-likeness (QED) is 0.480. The van der Waals surface area contributed by atoms with Crippen molar-refractivity contribution in [2.45, 2.75) is 32.0 Å². The molecule has 0 fully saturated rings. The van der Waals surface area contributed by atoms with Gasteiger partial charge in [0.05, 0.1) is 12.3 Å². The Morgan fingerprint density at radius 3 is 2.21 bits per heavy atom. The van der Waals surface area contributed by atoms with E-state index >= 15 is 0 Å². The molecule has 0 aliphatic rings. The second kappa shape index (κ2) is 11.0. The number of likely N-dealkylation sites (N-methyl/N-ethyl adjacent to an activating group) is 1. The van der Waals surface area contributed by atoms with E-state index in [2.05, 4.69) is 15.5 Å². The van der Waals surface area contributed by atoms with Crippen LogP contribution in [0.15, 0.2) is 53.7 Å². The highest BCUT2D eigenvalue weighted by atomic mass is 32.2. The monoisotopic (exact) mass is 473 g/mol. The average molecular weight is 474 g/mol. The van der Waals surface area contributed by atoms with Crippen LogP contribution in [0.25, 0.3) is 17.1 Å². The highest BCUT2D eigenvalue weighted by molar-refractivity contribution is 7.99. The molecule has 0 aliphatic carbocycles. The van der Waals surface area contributed by atoms with E-state index in [1.165, 1.54) is 29.2 Å². The van der Waals surface area contributed by atoms with Gasteiger partial charge in [-0.1, -0.05) is 11.8 Å². The molecule has 0 unspecified atom stereocenters. The Hall–Kier alpha value is -3.27. The van der Waals surface area contributed by atoms with Crippen molar-refractivity contribution < 1.29 is 18.4 Å². The van der Waals surface area contributed by atoms with E-state index in [9.17, 15) is 18.4 Å². The van der Waals surface area contributed by atoms with Gasteiger partial charge in [-0.3, -0.25) is 14.2 Å². The molecular weight excluding hydrogens is 448 g/mol. The smallest absolute Gasteiger partial charge is 0.239 e. The summed E-state index contributed by atoms with van der Waals surface area (Å²) < 4.78 is 28.6. The van der Waals surface area contributed by atoms with E-state index in [4.69, 9.17) is 0 Å². The zero-order valence-electron chi connectivity index (χ0n) is 18.6. The van der Waals surface area contributed by atoms with Gasteiger partial charge in [-0.15, -0.1) is 10.2 Å². The van der Waals surface area contributed by atoms with Crippen molar-refractivity contribution in [1.82, 2.24) is 25.0 Å². The predicted octanol–water partition coefficient (Wildman–Crippen LogP) is 3.68. The summed E-state index contributed by atoms with van der Waals surface area (Å²) in [5.41, 5.74) is 1.21. The molecule has 1 heterocycles. The van der Waals surface area contributed by atoms with Gasteiger partial charge in [-0.2, -0.15) is 0 Å². The summed E-state index contributed by atoms with van der Waals surface area (Å²) in [6, 6.07) is 11.5. The van der Waals surface area contributed by atoms with Crippen LogP contribution >= 0.6 is 11.8 Å². The van der Waals surface area contributed by atoms with Crippen LogP contribution in [0.2, 0.25) is 0 Å². The van der Waals surface area contributed by atoms with Crippen LogP contribution in [0.5, 0.6) is 0 Å². The van der Waals surface area contributed by atoms with Crippen molar-refractivity contribution >= 4 is 23.6 Å². The van der Waals surface area contributed by atoms with Gasteiger partial charge < -0.3 is 10.2 Å². The molecule has 0 aliphatic heterocycles. The molecule has 0 saturated heterocycles. The molecule has 0 atom stereocenters. The van der Waals surface area contributed by atoms with Crippen molar-refractivity contribution in [1.29, 1.82) is 0 Å². The van der Waals surface area contributed by atoms with Crippen LogP contribution in [0.1, 0.15) is 20.8 Å². The second-order valence-corrected chi connectivity index (χ2v) is 8.49. The summed E-state index contributed by atoms with van der Waals surface area (Å²) >= 11 is 1.16. The molecule has 3 aromatic rings. The van der Waals surface area contributed by atoms with Crippen LogP contribution in [-0.2, 0) is 9.59 Å². The number of aromatic nitrogens is 3. The number of amides is 2. The van der Waals surface area contributed by atoms with E-state index in [1.54, 1.807) is 35.8 Å². The van der Waals surface area contributed by atoms with Crippen molar-refractivity contribution in [3.63, 3.8) is 0 Å². The highest BCUT2D eigenvalue weighted by Crippen LogP contribution is 2.28. The van der Waals surface area contributed by atoms with Gasteiger partial charge in [-0.05, 0) is 69.3 Å². The number of rotatable bonds is 9. The first kappa shape index (κ1) is 24.4. The highest BCUT2D eigenvalue weighted by Gasteiger charge is 2.20. The van der Waals surface area contributed by atoms with Gasteiger partial charge >= 0.3 is 0 Å². The van der Waals surface area contributed by atoms with E-state index < -0.39 is 5.82 Å². The summed E-state index contributed by atoms with van der Waals surface area (Å²) in [6.07, 6.45) is 0. The fourth-order valence-corrected chi connectivity index (χ4v) is 3.96. The van der Waals surface area contributed by atoms with Gasteiger partial charge in [0.2, 0.25) is 11.8 Å². The molecule has 10 heteroatoms. The SMILES string of the molecule is CCN(CC(=O)NC(C)C)C(=O)CSc1nnc(-c2ccc(F)cc2)n1-c1ccc(F)cc1. The number of hydrogen-bond donors (Lipinski definition) is 1. The number of nitrogens with zero attached hydrogens (tertiary/aromatic N) is 4. The minimum atomic E-state index is -0.391. The molecule has 2 amide bonds. The summed E-state index contributed by atoms with van der Waals surface area (Å²) in [5, 5.41) is 11.6. The predicted molar refractivity (Wildman–Crippen MR) is 123 cm³/mol. The average Bonchev–Trinajstić information content (AvgIpc) is 3.20. The van der Waals surface area contributed by atoms with Gasteiger partial charge in [0.1, 0.15) is 11.6 Å². The molecule has 0 radical (unpaired) electrons. The number of carbonyl (C=O) groups is 2. The molecule has 174 valence electrons. The standard InChI is InChI=1S/C23H25F2N5O2S/c1-4-29(13-20(31)26-15(2)3)21(32)14-33-23-28-27-22(16-5-7-17(24)8-6-16)30(23)19-11-9-18(25)10-12-19/h5-12,15H,4,13-14H2,1-3H3,(H,26,31). The molecule has 0 saturated carbocycles. The lowest BCUT2D eigenvalue weighted by atomic mass is 10.2. The fraction of sp³-hybridized carbons (Fsp3) is 0.304. The summed E-state index contributed by atoms with van der Waals surface area (Å²) in [4.78, 5) is 26.3. The molecule has 1 aromatic heterocycles.